The fourth-order valence-electron chi connectivity index (χ4n) is 4.32. The molecule has 3 aromatic carbocycles. The molecule has 0 radical (unpaired) electrons. The number of carbonyl (C=O) groups is 1. The van der Waals surface area contributed by atoms with Gasteiger partial charge in [0.05, 0.1) is 0 Å². The number of aryl methyl sites for hydroxylation is 1. The molecule has 0 saturated carbocycles. The minimum atomic E-state index is 0. The van der Waals surface area contributed by atoms with Crippen molar-refractivity contribution in [3.8, 4) is 0 Å². The minimum absolute atomic E-state index is 0. The highest BCUT2D eigenvalue weighted by Gasteiger charge is 2.24. The van der Waals surface area contributed by atoms with Crippen molar-refractivity contribution < 1.29 is 26.3 Å². The fourth-order valence-corrected chi connectivity index (χ4v) is 5.89. The van der Waals surface area contributed by atoms with Gasteiger partial charge in [0, 0.05) is 27.4 Å². The summed E-state index contributed by atoms with van der Waals surface area (Å²) in [6.45, 7) is 0.362. The molecular weight excluding hydrogens is 546 g/mol. The molecule has 0 bridgehead atoms. The van der Waals surface area contributed by atoms with Crippen LogP contribution in [-0.2, 0) is 19.4 Å². The molecule has 1 unspecified atom stereocenters. The number of hydrogen-bond donors (Lipinski definition) is 0. The van der Waals surface area contributed by atoms with Crippen LogP contribution in [0.1, 0.15) is 32.3 Å². The molecule has 0 aliphatic heterocycles. The number of halogens is 2. The first-order valence-corrected chi connectivity index (χ1v) is 12.4. The maximum Gasteiger partial charge on any atom is 0.227 e. The summed E-state index contributed by atoms with van der Waals surface area (Å²) in [5, 5.41) is 3.39. The Kier molecular flexibility index (Phi) is 7.49. The first-order chi connectivity index (χ1) is 15.2. The molecule has 2 nitrogen and oxygen atoms in total. The van der Waals surface area contributed by atoms with Crippen molar-refractivity contribution in [2.75, 3.05) is 5.75 Å². The van der Waals surface area contributed by atoms with E-state index >= 15 is 0 Å². The van der Waals surface area contributed by atoms with Crippen LogP contribution >= 0.6 is 27.7 Å². The van der Waals surface area contributed by atoms with Gasteiger partial charge in [0.15, 0.2) is 12.4 Å². The third-order valence-electron chi connectivity index (χ3n) is 5.94. The number of hydrogen-bond acceptors (Lipinski definition) is 2. The maximum absolute atomic E-state index is 12.5. The SMILES string of the molecule is O=C(C[n+]1ccc(CCSC2Cc3cccc4cccc2c34)cc1)c1ccc(Br)cc1.[Br-]. The standard InChI is InChI=1S/C27H23BrNOS.BrH/c28-23-9-7-20(8-10-23)25(30)18-29-14-11-19(12-15-29)13-16-31-26-17-22-5-1-3-21-4-2-6-24(26)27(21)22;/h1-12,14-15,26H,13,16-18H2;1H/q+1;/p-1. The number of nitrogens with zero attached hydrogens (tertiary/aromatic N) is 1. The zero-order valence-electron chi connectivity index (χ0n) is 17.5. The van der Waals surface area contributed by atoms with Crippen molar-refractivity contribution in [2.45, 2.75) is 24.6 Å². The van der Waals surface area contributed by atoms with E-state index in [4.69, 9.17) is 0 Å². The van der Waals surface area contributed by atoms with E-state index in [0.717, 1.165) is 28.6 Å². The normalized spacial score (nSPS) is 14.3. The van der Waals surface area contributed by atoms with Crippen molar-refractivity contribution in [1.82, 2.24) is 0 Å². The number of benzene rings is 3. The molecule has 1 heterocycles. The summed E-state index contributed by atoms with van der Waals surface area (Å²) in [5.74, 6) is 1.22. The second kappa shape index (κ2) is 10.3. The van der Waals surface area contributed by atoms with Gasteiger partial charge in [0.1, 0.15) is 0 Å². The molecule has 0 spiro atoms. The molecule has 1 atom stereocenters. The average molecular weight is 569 g/mol. The lowest BCUT2D eigenvalue weighted by atomic mass is 10.1. The third-order valence-corrected chi connectivity index (χ3v) is 7.73. The van der Waals surface area contributed by atoms with Crippen LogP contribution in [0.4, 0.5) is 0 Å². The maximum atomic E-state index is 12.5. The van der Waals surface area contributed by atoms with Crippen molar-refractivity contribution in [3.63, 3.8) is 0 Å². The third kappa shape index (κ3) is 5.00. The summed E-state index contributed by atoms with van der Waals surface area (Å²) in [6, 6.07) is 25.2. The van der Waals surface area contributed by atoms with Crippen LogP contribution in [0.15, 0.2) is 89.7 Å². The molecule has 1 aliphatic rings. The van der Waals surface area contributed by atoms with E-state index in [9.17, 15) is 4.79 Å². The second-order valence-electron chi connectivity index (χ2n) is 7.98. The zero-order valence-corrected chi connectivity index (χ0v) is 21.5. The Bertz CT molecular complexity index is 1230. The molecule has 0 N–H and O–H groups in total. The van der Waals surface area contributed by atoms with Crippen LogP contribution < -0.4 is 21.5 Å². The molecule has 0 amide bonds. The topological polar surface area (TPSA) is 20.9 Å². The second-order valence-corrected chi connectivity index (χ2v) is 10.2. The Morgan fingerprint density at radius 3 is 2.44 bits per heavy atom. The number of aromatic nitrogens is 1. The predicted molar refractivity (Wildman–Crippen MR) is 132 cm³/mol. The molecule has 0 saturated heterocycles. The Balaban J connectivity index is 0.00000245. The fraction of sp³-hybridized carbons (Fsp3) is 0.185. The molecule has 1 aromatic heterocycles. The van der Waals surface area contributed by atoms with Crippen LogP contribution in [0.25, 0.3) is 10.8 Å². The van der Waals surface area contributed by atoms with Crippen LogP contribution in [-0.4, -0.2) is 11.5 Å². The Morgan fingerprint density at radius 1 is 0.969 bits per heavy atom. The van der Waals surface area contributed by atoms with Crippen LogP contribution in [0, 0.1) is 0 Å². The van der Waals surface area contributed by atoms with Gasteiger partial charge in [0.25, 0.3) is 0 Å². The van der Waals surface area contributed by atoms with Gasteiger partial charge in [-0.1, -0.05) is 64.5 Å². The number of carbonyl (C=O) groups excluding carboxylic acids is 1. The van der Waals surface area contributed by atoms with Crippen molar-refractivity contribution in [3.05, 3.63) is 112 Å². The van der Waals surface area contributed by atoms with E-state index < -0.39 is 0 Å². The molecule has 5 heteroatoms. The lowest BCUT2D eigenvalue weighted by molar-refractivity contribution is -0.683. The van der Waals surface area contributed by atoms with Crippen LogP contribution in [0.3, 0.4) is 0 Å². The average Bonchev–Trinajstić information content (AvgIpc) is 3.15. The molecule has 5 rings (SSSR count). The number of pyridine rings is 1. The molecule has 32 heavy (non-hydrogen) atoms. The highest BCUT2D eigenvalue weighted by atomic mass is 79.9. The first-order valence-electron chi connectivity index (χ1n) is 10.6. The molecule has 162 valence electrons. The van der Waals surface area contributed by atoms with Gasteiger partial charge in [-0.25, -0.2) is 0 Å². The van der Waals surface area contributed by atoms with E-state index in [0.29, 0.717) is 11.8 Å². The van der Waals surface area contributed by atoms with E-state index in [2.05, 4.69) is 76.2 Å². The van der Waals surface area contributed by atoms with Crippen LogP contribution in [0.5, 0.6) is 0 Å². The summed E-state index contributed by atoms with van der Waals surface area (Å²) in [4.78, 5) is 12.5. The summed E-state index contributed by atoms with van der Waals surface area (Å²) < 4.78 is 2.94. The largest absolute Gasteiger partial charge is 1.00 e. The molecule has 1 aliphatic carbocycles. The summed E-state index contributed by atoms with van der Waals surface area (Å²) in [5.41, 5.74) is 5.04. The number of ketones is 1. The van der Waals surface area contributed by atoms with Crippen LogP contribution in [0.2, 0.25) is 0 Å². The monoisotopic (exact) mass is 567 g/mol. The van der Waals surface area contributed by atoms with E-state index in [-0.39, 0.29) is 22.8 Å². The molecule has 4 aromatic rings. The number of Topliss-reactive ketones (excluding diaryl/α,β-unsaturated/α-hetero) is 1. The highest BCUT2D eigenvalue weighted by molar-refractivity contribution is 9.10. The molecule has 0 fully saturated rings. The Labute approximate surface area is 212 Å². The van der Waals surface area contributed by atoms with Gasteiger partial charge >= 0.3 is 0 Å². The highest BCUT2D eigenvalue weighted by Crippen LogP contribution is 2.44. The summed E-state index contributed by atoms with van der Waals surface area (Å²) >= 11 is 5.47. The first kappa shape index (κ1) is 23.2. The van der Waals surface area contributed by atoms with Gasteiger partial charge in [-0.2, -0.15) is 16.3 Å². The summed E-state index contributed by atoms with van der Waals surface area (Å²) in [6.07, 6.45) is 6.20. The number of thioether (sulfide) groups is 1. The Hall–Kier alpha value is -1.95. The van der Waals surface area contributed by atoms with E-state index in [1.54, 1.807) is 0 Å². The van der Waals surface area contributed by atoms with Gasteiger partial charge in [-0.3, -0.25) is 4.79 Å². The molecular formula is C27H23Br2NOS. The lowest BCUT2D eigenvalue weighted by Gasteiger charge is -2.11. The quantitative estimate of drug-likeness (QED) is 0.252. The lowest BCUT2D eigenvalue weighted by Crippen LogP contribution is -3.00. The van der Waals surface area contributed by atoms with Gasteiger partial charge in [-0.15, -0.1) is 0 Å². The van der Waals surface area contributed by atoms with Crippen molar-refractivity contribution >= 4 is 44.2 Å². The van der Waals surface area contributed by atoms with Crippen molar-refractivity contribution in [1.29, 1.82) is 0 Å². The zero-order chi connectivity index (χ0) is 21.2. The van der Waals surface area contributed by atoms with E-state index in [1.807, 2.05) is 41.2 Å². The number of rotatable bonds is 7. The summed E-state index contributed by atoms with van der Waals surface area (Å²) in [7, 11) is 0. The van der Waals surface area contributed by atoms with Crippen molar-refractivity contribution in [2.24, 2.45) is 0 Å². The van der Waals surface area contributed by atoms with Gasteiger partial charge < -0.3 is 17.0 Å². The van der Waals surface area contributed by atoms with Gasteiger partial charge in [0.2, 0.25) is 12.3 Å². The van der Waals surface area contributed by atoms with Gasteiger partial charge in [-0.05, 0) is 58.2 Å². The van der Waals surface area contributed by atoms with E-state index in [1.165, 1.54) is 27.5 Å². The minimum Gasteiger partial charge on any atom is -1.00 e. The predicted octanol–water partition coefficient (Wildman–Crippen LogP) is 3.35. The smallest absolute Gasteiger partial charge is 0.227 e. The Morgan fingerprint density at radius 2 is 1.69 bits per heavy atom.